The van der Waals surface area contributed by atoms with Gasteiger partial charge < -0.3 is 34.0 Å². The van der Waals surface area contributed by atoms with E-state index in [0.29, 0.717) is 37.3 Å². The van der Waals surface area contributed by atoms with E-state index in [4.69, 9.17) is 4.74 Å². The van der Waals surface area contributed by atoms with Gasteiger partial charge in [0.1, 0.15) is 0 Å². The van der Waals surface area contributed by atoms with Crippen molar-refractivity contribution in [2.24, 2.45) is 5.92 Å². The molecule has 0 aliphatic carbocycles. The number of rotatable bonds is 7. The molecule has 5 atom stereocenters. The molecule has 0 bridgehead atoms. The van der Waals surface area contributed by atoms with Crippen LogP contribution in [0.5, 0.6) is 0 Å². The molecule has 12 heteroatoms. The number of carbonyl (C=O) groups excluding carboxylic acids is 3. The molecule has 4 aliphatic rings. The lowest BCUT2D eigenvalue weighted by atomic mass is 9.82. The zero-order chi connectivity index (χ0) is 34.7. The van der Waals surface area contributed by atoms with E-state index in [1.54, 1.807) is 27.8 Å². The topological polar surface area (TPSA) is 102 Å². The third-order valence-electron chi connectivity index (χ3n) is 10.8. The van der Waals surface area contributed by atoms with E-state index in [1.807, 2.05) is 73.7 Å². The Morgan fingerprint density at radius 2 is 1.88 bits per heavy atom. The van der Waals surface area contributed by atoms with E-state index >= 15 is 4.11 Å². The van der Waals surface area contributed by atoms with Crippen LogP contribution >= 0.6 is 15.9 Å². The Morgan fingerprint density at radius 1 is 1.10 bits per heavy atom. The Hall–Kier alpha value is -3.42. The highest BCUT2D eigenvalue weighted by atomic mass is 79.9. The van der Waals surface area contributed by atoms with Gasteiger partial charge in [-0.25, -0.2) is 0 Å². The third-order valence-corrected chi connectivity index (χ3v) is 13.8. The molecule has 3 aromatic carbocycles. The van der Waals surface area contributed by atoms with Gasteiger partial charge in [0.15, 0.2) is 5.60 Å². The summed E-state index contributed by atoms with van der Waals surface area (Å²) in [5.41, 5.74) is 2.97. The molecule has 4 heterocycles. The van der Waals surface area contributed by atoms with Gasteiger partial charge in [-0.15, -0.1) is 0 Å². The number of fused-ring (bicyclic) bond motifs is 3. The lowest BCUT2D eigenvalue weighted by Gasteiger charge is -2.37. The predicted octanol–water partition coefficient (Wildman–Crippen LogP) is 5.04. The van der Waals surface area contributed by atoms with Crippen molar-refractivity contribution in [1.29, 1.82) is 0 Å². The van der Waals surface area contributed by atoms with Crippen LogP contribution < -0.4 is 15.1 Å². The molecular formula is C37H42BrFN4O5Si. The number of hydrogen-bond acceptors (Lipinski definition) is 6. The summed E-state index contributed by atoms with van der Waals surface area (Å²) in [5, 5.41) is 13.4. The third kappa shape index (κ3) is 5.95. The number of benzene rings is 3. The summed E-state index contributed by atoms with van der Waals surface area (Å²) in [6.45, 7) is 7.09. The summed E-state index contributed by atoms with van der Waals surface area (Å²) >= 11 is 3.59. The van der Waals surface area contributed by atoms with Crippen molar-refractivity contribution < 1.29 is 28.3 Å². The molecular weight excluding hydrogens is 707 g/mol. The first kappa shape index (κ1) is 34.0. The van der Waals surface area contributed by atoms with Crippen LogP contribution in [0.25, 0.3) is 0 Å². The molecule has 0 unspecified atom stereocenters. The Kier molecular flexibility index (Phi) is 9.06. The van der Waals surface area contributed by atoms with Gasteiger partial charge in [0.25, 0.3) is 5.91 Å². The lowest BCUT2D eigenvalue weighted by Crippen LogP contribution is -2.48. The van der Waals surface area contributed by atoms with Gasteiger partial charge in [0.05, 0.1) is 44.0 Å². The molecule has 7 rings (SSSR count). The Bertz CT molecular complexity index is 1800. The minimum atomic E-state index is -3.51. The minimum absolute atomic E-state index is 0.00770. The van der Waals surface area contributed by atoms with E-state index < -0.39 is 37.6 Å². The number of amides is 3. The lowest BCUT2D eigenvalue weighted by molar-refractivity contribution is -0.151. The van der Waals surface area contributed by atoms with Crippen LogP contribution in [0.1, 0.15) is 35.6 Å². The zero-order valence-corrected chi connectivity index (χ0v) is 30.6. The fourth-order valence-electron chi connectivity index (χ4n) is 8.59. The van der Waals surface area contributed by atoms with Gasteiger partial charge in [-0.05, 0) is 66.5 Å². The first-order valence-corrected chi connectivity index (χ1v) is 20.7. The smallest absolute Gasteiger partial charge is 0.264 e. The number of nitrogens with zero attached hydrogens (tertiary/aromatic N) is 3. The van der Waals surface area contributed by atoms with Crippen LogP contribution in [0.4, 0.5) is 15.5 Å². The second kappa shape index (κ2) is 13.0. The van der Waals surface area contributed by atoms with Crippen LogP contribution in [-0.4, -0.2) is 74.5 Å². The van der Waals surface area contributed by atoms with Crippen LogP contribution in [0.2, 0.25) is 18.6 Å². The maximum absolute atomic E-state index is 16.5. The Labute approximate surface area is 295 Å². The number of hydrogen-bond donors (Lipinski definition) is 2. The summed E-state index contributed by atoms with van der Waals surface area (Å²) in [6, 6.07) is 20.8. The molecule has 2 N–H and O–H groups in total. The average molecular weight is 750 g/mol. The van der Waals surface area contributed by atoms with E-state index in [2.05, 4.69) is 21.2 Å². The summed E-state index contributed by atoms with van der Waals surface area (Å²) in [5.74, 6) is -1.06. The van der Waals surface area contributed by atoms with E-state index in [1.165, 1.54) is 0 Å². The van der Waals surface area contributed by atoms with Crippen LogP contribution in [0, 0.1) is 5.92 Å². The molecule has 4 aliphatic heterocycles. The molecule has 9 nitrogen and oxygen atoms in total. The van der Waals surface area contributed by atoms with Crippen molar-refractivity contribution in [2.45, 2.75) is 69.2 Å². The molecule has 0 aromatic heterocycles. The zero-order valence-electron chi connectivity index (χ0n) is 28.0. The van der Waals surface area contributed by atoms with Gasteiger partial charge in [-0.3, -0.25) is 14.4 Å². The SMILES string of the molecule is C[C@@H]1[C@@H]([Si](C)(C)F)[C@H](CC(=O)N2Cc3ccccc3C[C@H]2CO)O[C@@]12C(=O)N(Cc1cccc(N3CCNCC3=O)c1)c1ccc(Br)cc12. The van der Waals surface area contributed by atoms with Crippen molar-refractivity contribution in [3.63, 3.8) is 0 Å². The monoisotopic (exact) mass is 748 g/mol. The highest BCUT2D eigenvalue weighted by molar-refractivity contribution is 9.10. The van der Waals surface area contributed by atoms with E-state index in [9.17, 15) is 19.5 Å². The average Bonchev–Trinajstić information content (AvgIpc) is 3.50. The summed E-state index contributed by atoms with van der Waals surface area (Å²) in [7, 11) is -3.51. The molecule has 258 valence electrons. The highest BCUT2D eigenvalue weighted by Crippen LogP contribution is 2.60. The molecule has 3 amide bonds. The molecule has 0 saturated carbocycles. The van der Waals surface area contributed by atoms with Crippen LogP contribution in [0.3, 0.4) is 0 Å². The molecule has 3 aromatic rings. The number of ether oxygens (including phenoxy) is 1. The van der Waals surface area contributed by atoms with E-state index in [-0.39, 0.29) is 43.8 Å². The van der Waals surface area contributed by atoms with Crippen molar-refractivity contribution in [1.82, 2.24) is 10.2 Å². The van der Waals surface area contributed by atoms with Crippen LogP contribution in [-0.2, 0) is 44.2 Å². The van der Waals surface area contributed by atoms with Crippen molar-refractivity contribution >= 4 is 53.4 Å². The van der Waals surface area contributed by atoms with Crippen molar-refractivity contribution in [2.75, 3.05) is 36.0 Å². The summed E-state index contributed by atoms with van der Waals surface area (Å²) < 4.78 is 24.1. The Balaban J connectivity index is 1.21. The number of carbonyl (C=O) groups is 3. The van der Waals surface area contributed by atoms with Gasteiger partial charge in [0.2, 0.25) is 20.2 Å². The number of halogens is 2. The predicted molar refractivity (Wildman–Crippen MR) is 191 cm³/mol. The summed E-state index contributed by atoms with van der Waals surface area (Å²) in [4.78, 5) is 46.7. The minimum Gasteiger partial charge on any atom is -0.394 e. The maximum atomic E-state index is 16.5. The maximum Gasteiger partial charge on any atom is 0.264 e. The number of piperazine rings is 1. The number of anilines is 2. The van der Waals surface area contributed by atoms with Gasteiger partial charge >= 0.3 is 0 Å². The highest BCUT2D eigenvalue weighted by Gasteiger charge is 2.67. The van der Waals surface area contributed by atoms with Gasteiger partial charge in [-0.1, -0.05) is 59.3 Å². The number of aliphatic hydroxyl groups excluding tert-OH is 1. The molecule has 1 spiro atoms. The standard InChI is InChI=1S/C37H42BrFN4O5Si/c1-23-35(49(2,3)39)32(18-33(45)42-21-26-9-5-4-8-25(26)16-29(42)22-44)48-37(23)30-17-27(38)11-12-31(30)43(36(37)47)20-24-7-6-10-28(15-24)41-14-13-40-19-34(41)46/h4-12,15,17,23,29,32,35,40,44H,13-14,16,18-22H2,1-3H3/t23-,29+,32+,35-,37+/m1/s1. The fraction of sp³-hybridized carbons (Fsp3) is 0.432. The Morgan fingerprint density at radius 3 is 2.61 bits per heavy atom. The normalized spacial score (nSPS) is 26.8. The second-order valence-electron chi connectivity index (χ2n) is 14.3. The summed E-state index contributed by atoms with van der Waals surface area (Å²) in [6.07, 6.45) is -0.383. The first-order chi connectivity index (χ1) is 23.4. The number of nitrogens with one attached hydrogen (secondary N) is 1. The van der Waals surface area contributed by atoms with Crippen molar-refractivity contribution in [3.05, 3.63) is 93.5 Å². The second-order valence-corrected chi connectivity index (χ2v) is 19.0. The van der Waals surface area contributed by atoms with Crippen molar-refractivity contribution in [3.8, 4) is 0 Å². The first-order valence-electron chi connectivity index (χ1n) is 17.0. The molecule has 0 radical (unpaired) electrons. The molecule has 2 saturated heterocycles. The largest absolute Gasteiger partial charge is 0.394 e. The number of aliphatic hydroxyl groups is 1. The van der Waals surface area contributed by atoms with E-state index in [0.717, 1.165) is 26.9 Å². The molecule has 49 heavy (non-hydrogen) atoms. The van der Waals surface area contributed by atoms with Gasteiger partial charge in [-0.2, -0.15) is 0 Å². The van der Waals surface area contributed by atoms with Crippen LogP contribution in [0.15, 0.2) is 71.2 Å². The fourth-order valence-corrected chi connectivity index (χ4v) is 11.4. The molecule has 2 fully saturated rings. The quantitative estimate of drug-likeness (QED) is 0.260. The van der Waals surface area contributed by atoms with Gasteiger partial charge in [0, 0.05) is 46.8 Å².